The average Bonchev–Trinajstić information content (AvgIpc) is 2.14. The molecular formula is C10H16BrN3O. The fourth-order valence-corrected chi connectivity index (χ4v) is 1.45. The lowest BCUT2D eigenvalue weighted by atomic mass is 9.87. The Labute approximate surface area is 98.3 Å². The third kappa shape index (κ3) is 3.43. The van der Waals surface area contributed by atoms with Gasteiger partial charge in [0.2, 0.25) is 0 Å². The highest BCUT2D eigenvalue weighted by Crippen LogP contribution is 2.25. The third-order valence-corrected chi connectivity index (χ3v) is 2.79. The average molecular weight is 274 g/mol. The molecule has 0 radical (unpaired) electrons. The quantitative estimate of drug-likeness (QED) is 0.885. The smallest absolute Gasteiger partial charge is 0.144 e. The van der Waals surface area contributed by atoms with E-state index in [4.69, 9.17) is 0 Å². The molecule has 0 aliphatic heterocycles. The van der Waals surface area contributed by atoms with E-state index in [1.54, 1.807) is 6.20 Å². The third-order valence-electron chi connectivity index (χ3n) is 2.21. The van der Waals surface area contributed by atoms with E-state index in [-0.39, 0.29) is 18.1 Å². The van der Waals surface area contributed by atoms with Crippen LogP contribution >= 0.6 is 15.9 Å². The molecule has 0 amide bonds. The molecule has 0 fully saturated rings. The lowest BCUT2D eigenvalue weighted by Crippen LogP contribution is -2.37. The van der Waals surface area contributed by atoms with Crippen LogP contribution in [0.5, 0.6) is 0 Å². The first-order chi connectivity index (χ1) is 6.95. The van der Waals surface area contributed by atoms with Crippen molar-refractivity contribution in [1.82, 2.24) is 9.97 Å². The molecule has 2 N–H and O–H groups in total. The number of nitrogens with one attached hydrogen (secondary N) is 1. The Balaban J connectivity index is 2.80. The molecule has 0 saturated carbocycles. The highest BCUT2D eigenvalue weighted by Gasteiger charge is 2.24. The van der Waals surface area contributed by atoms with Gasteiger partial charge in [0.05, 0.1) is 17.1 Å². The van der Waals surface area contributed by atoms with Crippen molar-refractivity contribution in [1.29, 1.82) is 0 Å². The van der Waals surface area contributed by atoms with Crippen LogP contribution < -0.4 is 5.32 Å². The van der Waals surface area contributed by atoms with Crippen LogP contribution in [0.25, 0.3) is 0 Å². The predicted molar refractivity (Wildman–Crippen MR) is 63.7 cm³/mol. The van der Waals surface area contributed by atoms with Crippen LogP contribution in [0.1, 0.15) is 20.8 Å². The van der Waals surface area contributed by atoms with E-state index in [0.717, 1.165) is 4.47 Å². The molecule has 1 heterocycles. The first-order valence-corrected chi connectivity index (χ1v) is 5.57. The maximum atomic E-state index is 9.29. The van der Waals surface area contributed by atoms with Gasteiger partial charge >= 0.3 is 0 Å². The van der Waals surface area contributed by atoms with Crippen molar-refractivity contribution in [2.75, 3.05) is 11.9 Å². The minimum Gasteiger partial charge on any atom is -0.394 e. The molecule has 0 aliphatic rings. The predicted octanol–water partition coefficient (Wildman–Crippen LogP) is 2.06. The zero-order valence-corrected chi connectivity index (χ0v) is 10.7. The van der Waals surface area contributed by atoms with Crippen molar-refractivity contribution in [2.45, 2.75) is 26.8 Å². The van der Waals surface area contributed by atoms with E-state index in [1.165, 1.54) is 6.33 Å². The van der Waals surface area contributed by atoms with Gasteiger partial charge in [-0.05, 0) is 21.3 Å². The van der Waals surface area contributed by atoms with Crippen molar-refractivity contribution in [3.8, 4) is 0 Å². The van der Waals surface area contributed by atoms with Gasteiger partial charge in [-0.2, -0.15) is 0 Å². The number of aliphatic hydroxyl groups is 1. The Morgan fingerprint density at radius 3 is 2.67 bits per heavy atom. The summed E-state index contributed by atoms with van der Waals surface area (Å²) >= 11 is 3.35. The molecule has 0 spiro atoms. The van der Waals surface area contributed by atoms with Gasteiger partial charge in [-0.1, -0.05) is 20.8 Å². The molecular weight excluding hydrogens is 258 g/mol. The highest BCUT2D eigenvalue weighted by atomic mass is 79.9. The van der Waals surface area contributed by atoms with Gasteiger partial charge in [0, 0.05) is 6.20 Å². The topological polar surface area (TPSA) is 58.0 Å². The molecule has 1 rings (SSSR count). The van der Waals surface area contributed by atoms with Gasteiger partial charge < -0.3 is 10.4 Å². The largest absolute Gasteiger partial charge is 0.394 e. The molecule has 0 aliphatic carbocycles. The minimum absolute atomic E-state index is 0.0286. The lowest BCUT2D eigenvalue weighted by Gasteiger charge is -2.30. The Hall–Kier alpha value is -0.680. The van der Waals surface area contributed by atoms with E-state index in [2.05, 4.69) is 52.0 Å². The molecule has 0 saturated heterocycles. The second-order valence-corrected chi connectivity index (χ2v) is 5.32. The lowest BCUT2D eigenvalue weighted by molar-refractivity contribution is 0.201. The molecule has 0 bridgehead atoms. The minimum atomic E-state index is -0.0382. The van der Waals surface area contributed by atoms with Crippen molar-refractivity contribution in [3.05, 3.63) is 17.0 Å². The van der Waals surface area contributed by atoms with Crippen LogP contribution in [0.3, 0.4) is 0 Å². The molecule has 1 atom stereocenters. The summed E-state index contributed by atoms with van der Waals surface area (Å²) in [6, 6.07) is -0.0382. The summed E-state index contributed by atoms with van der Waals surface area (Å²) in [6.07, 6.45) is 3.15. The number of aromatic nitrogens is 2. The van der Waals surface area contributed by atoms with Crippen molar-refractivity contribution in [3.63, 3.8) is 0 Å². The summed E-state index contributed by atoms with van der Waals surface area (Å²) in [4.78, 5) is 7.98. The maximum Gasteiger partial charge on any atom is 0.144 e. The van der Waals surface area contributed by atoms with Crippen molar-refractivity contribution in [2.24, 2.45) is 5.41 Å². The molecule has 5 heteroatoms. The van der Waals surface area contributed by atoms with Gasteiger partial charge in [-0.15, -0.1) is 0 Å². The normalized spacial score (nSPS) is 13.7. The number of hydrogen-bond acceptors (Lipinski definition) is 4. The number of aliphatic hydroxyl groups excluding tert-OH is 1. The van der Waals surface area contributed by atoms with Crippen molar-refractivity contribution >= 4 is 21.7 Å². The SMILES string of the molecule is CC(C)(C)[C@H](CO)Nc1ncncc1Br. The van der Waals surface area contributed by atoms with E-state index >= 15 is 0 Å². The summed E-state index contributed by atoms with van der Waals surface area (Å²) < 4.78 is 0.799. The molecule has 1 aromatic rings. The number of nitrogens with zero attached hydrogens (tertiary/aromatic N) is 2. The zero-order valence-electron chi connectivity index (χ0n) is 9.16. The van der Waals surface area contributed by atoms with Gasteiger partial charge in [-0.3, -0.25) is 0 Å². The van der Waals surface area contributed by atoms with E-state index in [9.17, 15) is 5.11 Å². The van der Waals surface area contributed by atoms with Gasteiger partial charge in [0.15, 0.2) is 0 Å². The Kier molecular flexibility index (Phi) is 4.04. The Bertz CT molecular complexity index is 325. The molecule has 0 unspecified atom stereocenters. The molecule has 4 nitrogen and oxygen atoms in total. The zero-order chi connectivity index (χ0) is 11.5. The number of hydrogen-bond donors (Lipinski definition) is 2. The summed E-state index contributed by atoms with van der Waals surface area (Å²) in [7, 11) is 0. The van der Waals surface area contributed by atoms with Crippen LogP contribution in [0, 0.1) is 5.41 Å². The second-order valence-electron chi connectivity index (χ2n) is 4.46. The fourth-order valence-electron chi connectivity index (χ4n) is 1.12. The van der Waals surface area contributed by atoms with Gasteiger partial charge in [0.1, 0.15) is 12.1 Å². The Morgan fingerprint density at radius 2 is 2.20 bits per heavy atom. The first kappa shape index (κ1) is 12.4. The number of halogens is 1. The standard InChI is InChI=1S/C10H16BrN3O/c1-10(2,3)8(5-15)14-9-7(11)4-12-6-13-9/h4,6,8,15H,5H2,1-3H3,(H,12,13,14)/t8-/m0/s1. The van der Waals surface area contributed by atoms with Crippen LogP contribution in [0.2, 0.25) is 0 Å². The Morgan fingerprint density at radius 1 is 1.53 bits per heavy atom. The maximum absolute atomic E-state index is 9.29. The molecule has 84 valence electrons. The molecule has 0 aromatic carbocycles. The number of anilines is 1. The monoisotopic (exact) mass is 273 g/mol. The van der Waals surface area contributed by atoms with Crippen LogP contribution in [0.15, 0.2) is 17.0 Å². The molecule has 15 heavy (non-hydrogen) atoms. The van der Waals surface area contributed by atoms with Crippen LogP contribution in [-0.4, -0.2) is 27.7 Å². The first-order valence-electron chi connectivity index (χ1n) is 4.78. The van der Waals surface area contributed by atoms with E-state index in [0.29, 0.717) is 5.82 Å². The van der Waals surface area contributed by atoms with Crippen molar-refractivity contribution < 1.29 is 5.11 Å². The van der Waals surface area contributed by atoms with Crippen LogP contribution in [0.4, 0.5) is 5.82 Å². The number of rotatable bonds is 3. The second kappa shape index (κ2) is 4.90. The highest BCUT2D eigenvalue weighted by molar-refractivity contribution is 9.10. The van der Waals surface area contributed by atoms with Crippen LogP contribution in [-0.2, 0) is 0 Å². The summed E-state index contributed by atoms with van der Waals surface area (Å²) in [6.45, 7) is 6.27. The van der Waals surface area contributed by atoms with Gasteiger partial charge in [0.25, 0.3) is 0 Å². The fraction of sp³-hybridized carbons (Fsp3) is 0.600. The van der Waals surface area contributed by atoms with E-state index < -0.39 is 0 Å². The molecule has 1 aromatic heterocycles. The van der Waals surface area contributed by atoms with E-state index in [1.807, 2.05) is 0 Å². The summed E-state index contributed by atoms with van der Waals surface area (Å²) in [5.74, 6) is 0.707. The van der Waals surface area contributed by atoms with Gasteiger partial charge in [-0.25, -0.2) is 9.97 Å². The summed E-state index contributed by atoms with van der Waals surface area (Å²) in [5, 5.41) is 12.5. The summed E-state index contributed by atoms with van der Waals surface area (Å²) in [5.41, 5.74) is -0.0286.